The zero-order valence-electron chi connectivity index (χ0n) is 6.45. The van der Waals surface area contributed by atoms with E-state index in [2.05, 4.69) is 11.1 Å². The van der Waals surface area contributed by atoms with Crippen LogP contribution < -0.4 is 0 Å². The highest BCUT2D eigenvalue weighted by molar-refractivity contribution is 8.14. The summed E-state index contributed by atoms with van der Waals surface area (Å²) in [6.45, 7) is 0.859. The van der Waals surface area contributed by atoms with Crippen LogP contribution in [0.2, 0.25) is 0 Å². The van der Waals surface area contributed by atoms with E-state index in [9.17, 15) is 5.11 Å². The van der Waals surface area contributed by atoms with E-state index in [1.165, 1.54) is 0 Å². The number of rotatable bonds is 1. The van der Waals surface area contributed by atoms with Gasteiger partial charge in [0.1, 0.15) is 10.8 Å². The molecule has 0 aliphatic carbocycles. The Kier molecular flexibility index (Phi) is 2.04. The van der Waals surface area contributed by atoms with Gasteiger partial charge in [-0.3, -0.25) is 4.99 Å². The first kappa shape index (κ1) is 7.68. The van der Waals surface area contributed by atoms with Gasteiger partial charge in [-0.15, -0.1) is 11.8 Å². The van der Waals surface area contributed by atoms with Crippen molar-refractivity contribution < 1.29 is 5.11 Å². The summed E-state index contributed by atoms with van der Waals surface area (Å²) in [6, 6.07) is 8.00. The van der Waals surface area contributed by atoms with E-state index in [-0.39, 0.29) is 5.75 Å². The molecule has 0 bridgehead atoms. The van der Waals surface area contributed by atoms with Crippen LogP contribution in [0.3, 0.4) is 0 Å². The number of aliphatic imine (C=N–C) groups is 1. The summed E-state index contributed by atoms with van der Waals surface area (Å²) in [4.78, 5) is 4.27. The second-order valence-corrected chi connectivity index (χ2v) is 3.56. The summed E-state index contributed by atoms with van der Waals surface area (Å²) in [7, 11) is 0. The molecule has 3 heteroatoms. The SMILES string of the molecule is Oc1c[c]ccc1C1=NCCS1. The normalized spacial score (nSPS) is 16.2. The lowest BCUT2D eigenvalue weighted by Crippen LogP contribution is -1.91. The quantitative estimate of drug-likeness (QED) is 0.709. The highest BCUT2D eigenvalue weighted by atomic mass is 32.2. The van der Waals surface area contributed by atoms with Crippen LogP contribution in [-0.2, 0) is 0 Å². The second-order valence-electron chi connectivity index (χ2n) is 2.48. The van der Waals surface area contributed by atoms with Crippen molar-refractivity contribution in [2.45, 2.75) is 0 Å². The minimum atomic E-state index is 0.269. The number of thioether (sulfide) groups is 1. The minimum Gasteiger partial charge on any atom is -0.507 e. The molecule has 0 saturated heterocycles. The van der Waals surface area contributed by atoms with E-state index in [1.807, 2.05) is 6.07 Å². The van der Waals surface area contributed by atoms with Gasteiger partial charge in [-0.1, -0.05) is 6.07 Å². The molecule has 0 unspecified atom stereocenters. The monoisotopic (exact) mass is 178 g/mol. The first-order valence-electron chi connectivity index (χ1n) is 3.74. The van der Waals surface area contributed by atoms with Crippen LogP contribution >= 0.6 is 11.8 Å². The van der Waals surface area contributed by atoms with Gasteiger partial charge in [0.05, 0.1) is 0 Å². The van der Waals surface area contributed by atoms with Crippen molar-refractivity contribution in [3.8, 4) is 5.75 Å². The van der Waals surface area contributed by atoms with Crippen molar-refractivity contribution in [2.75, 3.05) is 12.3 Å². The Hall–Kier alpha value is -0.960. The van der Waals surface area contributed by atoms with Crippen molar-refractivity contribution in [1.29, 1.82) is 0 Å². The highest BCUT2D eigenvalue weighted by Crippen LogP contribution is 2.25. The largest absolute Gasteiger partial charge is 0.507 e. The molecule has 0 aromatic heterocycles. The predicted molar refractivity (Wildman–Crippen MR) is 50.8 cm³/mol. The van der Waals surface area contributed by atoms with Crippen molar-refractivity contribution >= 4 is 16.8 Å². The first-order valence-corrected chi connectivity index (χ1v) is 4.73. The zero-order valence-corrected chi connectivity index (χ0v) is 7.27. The molecule has 1 N–H and O–H groups in total. The van der Waals surface area contributed by atoms with Gasteiger partial charge in [-0.2, -0.15) is 0 Å². The molecular weight excluding hydrogens is 170 g/mol. The average molecular weight is 178 g/mol. The highest BCUT2D eigenvalue weighted by Gasteiger charge is 2.12. The van der Waals surface area contributed by atoms with Gasteiger partial charge in [0.25, 0.3) is 0 Å². The van der Waals surface area contributed by atoms with Crippen LogP contribution in [0.25, 0.3) is 0 Å². The van der Waals surface area contributed by atoms with Crippen molar-refractivity contribution in [2.24, 2.45) is 4.99 Å². The molecule has 1 radical (unpaired) electrons. The van der Waals surface area contributed by atoms with Crippen molar-refractivity contribution in [3.05, 3.63) is 29.8 Å². The molecule has 0 fully saturated rings. The molecule has 0 saturated carbocycles. The third kappa shape index (κ3) is 1.32. The van der Waals surface area contributed by atoms with Gasteiger partial charge in [0.15, 0.2) is 0 Å². The number of benzene rings is 1. The fourth-order valence-corrected chi connectivity index (χ4v) is 1.99. The average Bonchev–Trinajstić information content (AvgIpc) is 2.57. The van der Waals surface area contributed by atoms with Crippen LogP contribution in [-0.4, -0.2) is 22.4 Å². The summed E-state index contributed by atoms with van der Waals surface area (Å²) >= 11 is 1.69. The fourth-order valence-electron chi connectivity index (χ4n) is 1.10. The Labute approximate surface area is 75.3 Å². The van der Waals surface area contributed by atoms with E-state index in [4.69, 9.17) is 0 Å². The molecule has 0 amide bonds. The molecule has 12 heavy (non-hydrogen) atoms. The van der Waals surface area contributed by atoms with Crippen LogP contribution in [0.15, 0.2) is 23.2 Å². The number of hydrogen-bond acceptors (Lipinski definition) is 3. The molecule has 2 nitrogen and oxygen atoms in total. The molecular formula is C9H8NOS. The van der Waals surface area contributed by atoms with E-state index in [0.29, 0.717) is 0 Å². The fraction of sp³-hybridized carbons (Fsp3) is 0.222. The predicted octanol–water partition coefficient (Wildman–Crippen LogP) is 1.69. The zero-order chi connectivity index (χ0) is 8.39. The maximum Gasteiger partial charge on any atom is 0.126 e. The van der Waals surface area contributed by atoms with E-state index < -0.39 is 0 Å². The Morgan fingerprint density at radius 1 is 1.58 bits per heavy atom. The lowest BCUT2D eigenvalue weighted by Gasteiger charge is -2.01. The number of aromatic hydroxyl groups is 1. The summed E-state index contributed by atoms with van der Waals surface area (Å²) in [5.41, 5.74) is 0.830. The van der Waals surface area contributed by atoms with Crippen LogP contribution in [0, 0.1) is 6.07 Å². The maximum atomic E-state index is 9.45. The Morgan fingerprint density at radius 3 is 3.17 bits per heavy atom. The van der Waals surface area contributed by atoms with Gasteiger partial charge in [0, 0.05) is 17.9 Å². The Balaban J connectivity index is 2.39. The Morgan fingerprint density at radius 2 is 2.50 bits per heavy atom. The smallest absolute Gasteiger partial charge is 0.126 e. The molecule has 0 spiro atoms. The minimum absolute atomic E-state index is 0.269. The standard InChI is InChI=1S/C9H8NOS/c11-8-4-2-1-3-7(8)9-10-5-6-12-9/h1,3-4,11H,5-6H2. The molecule has 0 atom stereocenters. The molecule has 1 aromatic carbocycles. The van der Waals surface area contributed by atoms with Crippen molar-refractivity contribution in [3.63, 3.8) is 0 Å². The summed E-state index contributed by atoms with van der Waals surface area (Å²) in [5, 5.41) is 10.4. The van der Waals surface area contributed by atoms with Gasteiger partial charge >= 0.3 is 0 Å². The topological polar surface area (TPSA) is 32.6 Å². The van der Waals surface area contributed by atoms with E-state index in [1.54, 1.807) is 23.9 Å². The van der Waals surface area contributed by atoms with Crippen LogP contribution in [0.5, 0.6) is 5.75 Å². The third-order valence-corrected chi connectivity index (χ3v) is 2.67. The molecule has 1 aliphatic heterocycles. The first-order chi connectivity index (χ1) is 5.88. The van der Waals surface area contributed by atoms with Gasteiger partial charge in [-0.05, 0) is 18.2 Å². The number of phenolic OH excluding ortho intramolecular Hbond substituents is 1. The molecule has 1 heterocycles. The summed E-state index contributed by atoms with van der Waals surface area (Å²) < 4.78 is 0. The number of nitrogens with zero attached hydrogens (tertiary/aromatic N) is 1. The third-order valence-electron chi connectivity index (χ3n) is 1.66. The second kappa shape index (κ2) is 3.19. The molecule has 2 rings (SSSR count). The summed E-state index contributed by atoms with van der Waals surface area (Å²) in [6.07, 6.45) is 0. The number of phenols is 1. The Bertz CT molecular complexity index is 322. The van der Waals surface area contributed by atoms with E-state index in [0.717, 1.165) is 22.9 Å². The van der Waals surface area contributed by atoms with Gasteiger partial charge < -0.3 is 5.11 Å². The number of hydrogen-bond donors (Lipinski definition) is 1. The van der Waals surface area contributed by atoms with E-state index >= 15 is 0 Å². The maximum absolute atomic E-state index is 9.45. The van der Waals surface area contributed by atoms with Crippen LogP contribution in [0.1, 0.15) is 5.56 Å². The van der Waals surface area contributed by atoms with Crippen LogP contribution in [0.4, 0.5) is 0 Å². The van der Waals surface area contributed by atoms with Gasteiger partial charge in [0.2, 0.25) is 0 Å². The summed E-state index contributed by atoms with van der Waals surface area (Å²) in [5.74, 6) is 1.29. The lowest BCUT2D eigenvalue weighted by atomic mass is 10.2. The van der Waals surface area contributed by atoms with Crippen molar-refractivity contribution in [1.82, 2.24) is 0 Å². The van der Waals surface area contributed by atoms with Gasteiger partial charge in [-0.25, -0.2) is 0 Å². The molecule has 61 valence electrons. The lowest BCUT2D eigenvalue weighted by molar-refractivity contribution is 0.474. The molecule has 1 aromatic rings. The molecule has 1 aliphatic rings.